The molecule has 0 radical (unpaired) electrons. The van der Waals surface area contributed by atoms with Gasteiger partial charge >= 0.3 is 0 Å². The SMILES string of the molecule is COc1cc(C2(C)CO2)c(OC)c(C)c1C. The van der Waals surface area contributed by atoms with E-state index in [1.165, 1.54) is 0 Å². The van der Waals surface area contributed by atoms with Gasteiger partial charge in [0.15, 0.2) is 0 Å². The smallest absolute Gasteiger partial charge is 0.128 e. The van der Waals surface area contributed by atoms with Gasteiger partial charge in [-0.1, -0.05) is 0 Å². The lowest BCUT2D eigenvalue weighted by molar-refractivity contribution is 0.313. The van der Waals surface area contributed by atoms with Gasteiger partial charge in [-0.05, 0) is 38.0 Å². The van der Waals surface area contributed by atoms with Crippen LogP contribution in [0, 0.1) is 13.8 Å². The molecule has 88 valence electrons. The number of ether oxygens (including phenoxy) is 3. The summed E-state index contributed by atoms with van der Waals surface area (Å²) in [6, 6.07) is 2.02. The molecule has 3 heteroatoms. The number of rotatable bonds is 3. The minimum absolute atomic E-state index is 0.197. The highest BCUT2D eigenvalue weighted by Gasteiger charge is 2.44. The summed E-state index contributed by atoms with van der Waals surface area (Å²) < 4.78 is 16.3. The van der Waals surface area contributed by atoms with Crippen molar-refractivity contribution in [1.82, 2.24) is 0 Å². The van der Waals surface area contributed by atoms with Gasteiger partial charge in [-0.2, -0.15) is 0 Å². The summed E-state index contributed by atoms with van der Waals surface area (Å²) in [6.45, 7) is 6.90. The quantitative estimate of drug-likeness (QED) is 0.736. The molecule has 1 aromatic carbocycles. The van der Waals surface area contributed by atoms with Gasteiger partial charge < -0.3 is 14.2 Å². The summed E-state index contributed by atoms with van der Waals surface area (Å²) in [7, 11) is 3.39. The first-order chi connectivity index (χ1) is 7.53. The standard InChI is InChI=1S/C13H18O3/c1-8-9(2)12(15-5)10(6-11(8)14-4)13(3)7-16-13/h6H,7H2,1-5H3. The van der Waals surface area contributed by atoms with Crippen molar-refractivity contribution in [1.29, 1.82) is 0 Å². The Hall–Kier alpha value is -1.22. The lowest BCUT2D eigenvalue weighted by Gasteiger charge is -2.18. The zero-order chi connectivity index (χ0) is 11.9. The minimum atomic E-state index is -0.197. The van der Waals surface area contributed by atoms with E-state index in [9.17, 15) is 0 Å². The Bertz CT molecular complexity index is 420. The molecule has 1 saturated heterocycles. The molecule has 16 heavy (non-hydrogen) atoms. The van der Waals surface area contributed by atoms with Crippen LogP contribution in [0.3, 0.4) is 0 Å². The molecule has 1 fully saturated rings. The van der Waals surface area contributed by atoms with Crippen molar-refractivity contribution in [3.05, 3.63) is 22.8 Å². The highest BCUT2D eigenvalue weighted by molar-refractivity contribution is 5.55. The normalized spacial score (nSPS) is 23.1. The van der Waals surface area contributed by atoms with E-state index in [0.29, 0.717) is 0 Å². The van der Waals surface area contributed by atoms with Crippen LogP contribution in [0.2, 0.25) is 0 Å². The van der Waals surface area contributed by atoms with Crippen LogP contribution in [-0.2, 0) is 10.3 Å². The van der Waals surface area contributed by atoms with E-state index in [-0.39, 0.29) is 5.60 Å². The van der Waals surface area contributed by atoms with Crippen molar-refractivity contribution in [2.24, 2.45) is 0 Å². The lowest BCUT2D eigenvalue weighted by Crippen LogP contribution is -2.08. The van der Waals surface area contributed by atoms with E-state index in [2.05, 4.69) is 6.92 Å². The predicted molar refractivity (Wildman–Crippen MR) is 62.3 cm³/mol. The fourth-order valence-electron chi connectivity index (χ4n) is 1.99. The summed E-state index contributed by atoms with van der Waals surface area (Å²) in [5.74, 6) is 1.81. The van der Waals surface area contributed by atoms with E-state index in [4.69, 9.17) is 14.2 Å². The molecule has 2 rings (SSSR count). The average Bonchev–Trinajstić information content (AvgIpc) is 3.01. The van der Waals surface area contributed by atoms with E-state index in [1.54, 1.807) is 14.2 Å². The molecule has 0 aliphatic carbocycles. The molecule has 1 heterocycles. The third-order valence-corrected chi connectivity index (χ3v) is 3.36. The number of benzene rings is 1. The van der Waals surface area contributed by atoms with E-state index in [0.717, 1.165) is 34.8 Å². The summed E-state index contributed by atoms with van der Waals surface area (Å²) in [5, 5.41) is 0. The Balaban J connectivity index is 2.62. The third-order valence-electron chi connectivity index (χ3n) is 3.36. The third kappa shape index (κ3) is 1.55. The molecule has 0 saturated carbocycles. The van der Waals surface area contributed by atoms with Crippen LogP contribution in [0.1, 0.15) is 23.6 Å². The zero-order valence-electron chi connectivity index (χ0n) is 10.5. The first-order valence-electron chi connectivity index (χ1n) is 5.40. The van der Waals surface area contributed by atoms with Gasteiger partial charge in [-0.3, -0.25) is 0 Å². The minimum Gasteiger partial charge on any atom is -0.496 e. The highest BCUT2D eigenvalue weighted by Crippen LogP contribution is 2.46. The average molecular weight is 222 g/mol. The molecule has 1 unspecified atom stereocenters. The maximum absolute atomic E-state index is 5.49. The molecule has 1 aromatic rings. The summed E-state index contributed by atoms with van der Waals surface area (Å²) >= 11 is 0. The van der Waals surface area contributed by atoms with Gasteiger partial charge in [0.2, 0.25) is 0 Å². The summed E-state index contributed by atoms with van der Waals surface area (Å²) in [4.78, 5) is 0. The molecule has 1 aliphatic heterocycles. The Morgan fingerprint density at radius 3 is 2.25 bits per heavy atom. The van der Waals surface area contributed by atoms with E-state index in [1.807, 2.05) is 19.9 Å². The first kappa shape index (κ1) is 11.3. The number of epoxide rings is 1. The summed E-state index contributed by atoms with van der Waals surface area (Å²) in [6.07, 6.45) is 0. The fourth-order valence-corrected chi connectivity index (χ4v) is 1.99. The van der Waals surface area contributed by atoms with Gasteiger partial charge in [0, 0.05) is 5.56 Å². The molecule has 3 nitrogen and oxygen atoms in total. The number of methoxy groups -OCH3 is 2. The van der Waals surface area contributed by atoms with Crippen molar-refractivity contribution in [3.8, 4) is 11.5 Å². The van der Waals surface area contributed by atoms with Crippen LogP contribution < -0.4 is 9.47 Å². The van der Waals surface area contributed by atoms with Crippen LogP contribution in [-0.4, -0.2) is 20.8 Å². The molecule has 0 bridgehead atoms. The highest BCUT2D eigenvalue weighted by atomic mass is 16.6. The van der Waals surface area contributed by atoms with Crippen LogP contribution >= 0.6 is 0 Å². The molecule has 0 amide bonds. The van der Waals surface area contributed by atoms with Gasteiger partial charge in [0.25, 0.3) is 0 Å². The monoisotopic (exact) mass is 222 g/mol. The van der Waals surface area contributed by atoms with E-state index >= 15 is 0 Å². The van der Waals surface area contributed by atoms with Gasteiger partial charge in [0.1, 0.15) is 17.1 Å². The molecule has 0 N–H and O–H groups in total. The maximum Gasteiger partial charge on any atom is 0.128 e. The second-order valence-corrected chi connectivity index (χ2v) is 4.43. The zero-order valence-corrected chi connectivity index (χ0v) is 10.5. The van der Waals surface area contributed by atoms with Crippen LogP contribution in [0.15, 0.2) is 6.07 Å². The molecule has 1 aliphatic rings. The Morgan fingerprint density at radius 2 is 1.81 bits per heavy atom. The van der Waals surface area contributed by atoms with E-state index < -0.39 is 0 Å². The number of hydrogen-bond acceptors (Lipinski definition) is 3. The Morgan fingerprint density at radius 1 is 1.19 bits per heavy atom. The van der Waals surface area contributed by atoms with Gasteiger partial charge in [-0.25, -0.2) is 0 Å². The second kappa shape index (κ2) is 3.67. The lowest BCUT2D eigenvalue weighted by atomic mass is 9.95. The molecule has 0 spiro atoms. The van der Waals surface area contributed by atoms with Crippen molar-refractivity contribution in [2.45, 2.75) is 26.4 Å². The van der Waals surface area contributed by atoms with Crippen LogP contribution in [0.5, 0.6) is 11.5 Å². The second-order valence-electron chi connectivity index (χ2n) is 4.43. The van der Waals surface area contributed by atoms with Gasteiger partial charge in [0.05, 0.1) is 20.8 Å². The molecular weight excluding hydrogens is 204 g/mol. The van der Waals surface area contributed by atoms with Crippen LogP contribution in [0.25, 0.3) is 0 Å². The van der Waals surface area contributed by atoms with Crippen molar-refractivity contribution < 1.29 is 14.2 Å². The topological polar surface area (TPSA) is 31.0 Å². The maximum atomic E-state index is 5.49. The first-order valence-corrected chi connectivity index (χ1v) is 5.40. The molecule has 0 aromatic heterocycles. The number of hydrogen-bond donors (Lipinski definition) is 0. The van der Waals surface area contributed by atoms with Crippen LogP contribution in [0.4, 0.5) is 0 Å². The molecular formula is C13H18O3. The Kier molecular flexibility index (Phi) is 2.58. The molecule has 1 atom stereocenters. The van der Waals surface area contributed by atoms with Crippen molar-refractivity contribution in [3.63, 3.8) is 0 Å². The predicted octanol–water partition coefficient (Wildman–Crippen LogP) is 2.57. The fraction of sp³-hybridized carbons (Fsp3) is 0.538. The van der Waals surface area contributed by atoms with Crippen molar-refractivity contribution >= 4 is 0 Å². The summed E-state index contributed by atoms with van der Waals surface area (Å²) in [5.41, 5.74) is 3.12. The van der Waals surface area contributed by atoms with Crippen molar-refractivity contribution in [2.75, 3.05) is 20.8 Å². The van der Waals surface area contributed by atoms with Gasteiger partial charge in [-0.15, -0.1) is 0 Å². The Labute approximate surface area is 96.3 Å². The largest absolute Gasteiger partial charge is 0.496 e.